The highest BCUT2D eigenvalue weighted by atomic mass is 19.4. The largest absolute Gasteiger partial charge is 0.455 e. The topological polar surface area (TPSA) is 41.1 Å². The Bertz CT molecular complexity index is 674. The van der Waals surface area contributed by atoms with Crippen LogP contribution in [0.2, 0.25) is 0 Å². The van der Waals surface area contributed by atoms with Crippen molar-refractivity contribution in [3.8, 4) is 0 Å². The van der Waals surface area contributed by atoms with Crippen LogP contribution in [-0.4, -0.2) is 18.0 Å². The van der Waals surface area contributed by atoms with Crippen LogP contribution in [0.1, 0.15) is 22.0 Å². The van der Waals surface area contributed by atoms with Crippen molar-refractivity contribution in [3.05, 3.63) is 71.8 Å². The second-order valence-corrected chi connectivity index (χ2v) is 4.93. The summed E-state index contributed by atoms with van der Waals surface area (Å²) in [6.45, 7) is 0. The first-order valence-electron chi connectivity index (χ1n) is 6.84. The van der Waals surface area contributed by atoms with Gasteiger partial charge in [0.2, 0.25) is 0 Å². The maximum absolute atomic E-state index is 13.8. The monoisotopic (exact) mass is 344 g/mol. The molecule has 1 amide bonds. The van der Waals surface area contributed by atoms with Crippen LogP contribution in [0, 0.1) is 0 Å². The summed E-state index contributed by atoms with van der Waals surface area (Å²) in [6.07, 6.45) is -5.78. The molecule has 8 heteroatoms. The Kier molecular flexibility index (Phi) is 5.18. The lowest BCUT2D eigenvalue weighted by Gasteiger charge is -2.29. The Hall–Kier alpha value is -2.48. The Balaban J connectivity index is 2.23. The summed E-state index contributed by atoms with van der Waals surface area (Å²) < 4.78 is 65.7. The van der Waals surface area contributed by atoms with E-state index >= 15 is 0 Å². The van der Waals surface area contributed by atoms with Crippen molar-refractivity contribution in [3.63, 3.8) is 0 Å². The van der Waals surface area contributed by atoms with E-state index in [1.165, 1.54) is 42.5 Å². The van der Waals surface area contributed by atoms with Crippen LogP contribution in [0.3, 0.4) is 0 Å². The molecule has 2 aromatic carbocycles. The molecule has 2 aromatic rings. The fourth-order valence-electron chi connectivity index (χ4n) is 1.99. The maximum Gasteiger partial charge on any atom is 0.455 e. The van der Waals surface area contributed by atoms with E-state index in [1.54, 1.807) is 6.07 Å². The molecule has 0 saturated carbocycles. The van der Waals surface area contributed by atoms with E-state index < -0.39 is 24.0 Å². The number of hydrogen-bond acceptors (Lipinski definition) is 2. The van der Waals surface area contributed by atoms with Crippen LogP contribution in [0.25, 0.3) is 0 Å². The first-order valence-corrected chi connectivity index (χ1v) is 6.84. The molecule has 0 saturated heterocycles. The molecule has 0 spiro atoms. The minimum absolute atomic E-state index is 0.118. The van der Waals surface area contributed by atoms with E-state index in [-0.39, 0.29) is 11.1 Å². The molecule has 24 heavy (non-hydrogen) atoms. The smallest absolute Gasteiger partial charge is 0.287 e. The van der Waals surface area contributed by atoms with Crippen molar-refractivity contribution in [2.24, 2.45) is 0 Å². The predicted octanol–water partition coefficient (Wildman–Crippen LogP) is 3.86. The molecule has 2 rings (SSSR count). The van der Waals surface area contributed by atoms with Gasteiger partial charge in [0.05, 0.1) is 0 Å². The lowest BCUT2D eigenvalue weighted by molar-refractivity contribution is -0.295. The van der Waals surface area contributed by atoms with E-state index in [2.05, 4.69) is 0 Å². The van der Waals surface area contributed by atoms with Gasteiger partial charge in [0, 0.05) is 5.56 Å². The molecule has 0 aliphatic heterocycles. The van der Waals surface area contributed by atoms with Crippen molar-refractivity contribution >= 4 is 5.91 Å². The van der Waals surface area contributed by atoms with Crippen LogP contribution >= 0.6 is 0 Å². The van der Waals surface area contributed by atoms with Crippen LogP contribution in [-0.2, 0) is 0 Å². The number of hydrazine groups is 1. The summed E-state index contributed by atoms with van der Waals surface area (Å²) in [7, 11) is 0. The van der Waals surface area contributed by atoms with Gasteiger partial charge in [-0.2, -0.15) is 22.0 Å². The Morgan fingerprint density at radius 2 is 1.33 bits per heavy atom. The molecular formula is C16H13F5N2O. The molecule has 0 radical (unpaired) electrons. The highest BCUT2D eigenvalue weighted by Crippen LogP contribution is 2.44. The van der Waals surface area contributed by atoms with Crippen molar-refractivity contribution in [1.82, 2.24) is 10.9 Å². The number of amides is 1. The number of hydrogen-bond donors (Lipinski definition) is 2. The zero-order valence-corrected chi connectivity index (χ0v) is 12.1. The summed E-state index contributed by atoms with van der Waals surface area (Å²) in [6, 6.07) is 11.4. The molecule has 2 N–H and O–H groups in total. The van der Waals surface area contributed by atoms with Gasteiger partial charge in [-0.3, -0.25) is 10.2 Å². The molecule has 0 aliphatic carbocycles. The highest BCUT2D eigenvalue weighted by Gasteiger charge is 2.63. The number of nitrogens with one attached hydrogen (secondary N) is 2. The first kappa shape index (κ1) is 17.9. The highest BCUT2D eigenvalue weighted by molar-refractivity contribution is 5.93. The molecule has 128 valence electrons. The second-order valence-electron chi connectivity index (χ2n) is 4.93. The summed E-state index contributed by atoms with van der Waals surface area (Å²) in [5.41, 5.74) is 3.52. The lowest BCUT2D eigenvalue weighted by Crippen LogP contribution is -2.53. The molecule has 0 fully saturated rings. The molecular weight excluding hydrogens is 331 g/mol. The average Bonchev–Trinajstić information content (AvgIpc) is 2.55. The quantitative estimate of drug-likeness (QED) is 0.639. The van der Waals surface area contributed by atoms with E-state index in [9.17, 15) is 26.7 Å². The van der Waals surface area contributed by atoms with Crippen LogP contribution in [0.5, 0.6) is 0 Å². The van der Waals surface area contributed by atoms with Gasteiger partial charge >= 0.3 is 12.1 Å². The summed E-state index contributed by atoms with van der Waals surface area (Å²) in [4.78, 5) is 11.9. The van der Waals surface area contributed by atoms with Gasteiger partial charge in [0.15, 0.2) is 0 Å². The van der Waals surface area contributed by atoms with E-state index in [1.807, 2.05) is 10.9 Å². The first-order chi connectivity index (χ1) is 11.2. The summed E-state index contributed by atoms with van der Waals surface area (Å²) >= 11 is 0. The van der Waals surface area contributed by atoms with Crippen molar-refractivity contribution in [1.29, 1.82) is 0 Å². The molecule has 0 heterocycles. The van der Waals surface area contributed by atoms with Crippen molar-refractivity contribution < 1.29 is 26.7 Å². The minimum Gasteiger partial charge on any atom is -0.287 e. The van der Waals surface area contributed by atoms with Gasteiger partial charge in [0.25, 0.3) is 5.91 Å². The van der Waals surface area contributed by atoms with Crippen LogP contribution in [0.15, 0.2) is 60.7 Å². The normalized spacial score (nSPS) is 13.4. The zero-order chi connectivity index (χ0) is 17.8. The van der Waals surface area contributed by atoms with Crippen molar-refractivity contribution in [2.45, 2.75) is 18.1 Å². The van der Waals surface area contributed by atoms with E-state index in [0.29, 0.717) is 0 Å². The maximum atomic E-state index is 13.8. The average molecular weight is 344 g/mol. The number of alkyl halides is 5. The third-order valence-corrected chi connectivity index (χ3v) is 3.24. The Labute approximate surface area is 134 Å². The summed E-state index contributed by atoms with van der Waals surface area (Å²) in [5.74, 6) is -5.91. The van der Waals surface area contributed by atoms with Gasteiger partial charge in [-0.1, -0.05) is 48.5 Å². The van der Waals surface area contributed by atoms with E-state index in [4.69, 9.17) is 0 Å². The Morgan fingerprint density at radius 3 is 1.83 bits per heavy atom. The minimum atomic E-state index is -5.78. The number of carbonyl (C=O) groups is 1. The predicted molar refractivity (Wildman–Crippen MR) is 77.2 cm³/mol. The molecule has 0 aliphatic rings. The van der Waals surface area contributed by atoms with Gasteiger partial charge in [-0.05, 0) is 17.7 Å². The molecule has 1 atom stereocenters. The van der Waals surface area contributed by atoms with Gasteiger partial charge < -0.3 is 0 Å². The molecule has 0 aromatic heterocycles. The summed E-state index contributed by atoms with van der Waals surface area (Å²) in [5, 5.41) is 0. The number of carbonyl (C=O) groups excluding carboxylic acids is 1. The zero-order valence-electron chi connectivity index (χ0n) is 12.1. The number of benzene rings is 2. The Morgan fingerprint density at radius 1 is 0.833 bits per heavy atom. The third kappa shape index (κ3) is 3.88. The van der Waals surface area contributed by atoms with Crippen LogP contribution < -0.4 is 10.9 Å². The number of rotatable bonds is 5. The third-order valence-electron chi connectivity index (χ3n) is 3.24. The van der Waals surface area contributed by atoms with E-state index in [0.717, 1.165) is 12.1 Å². The second kappa shape index (κ2) is 6.96. The van der Waals surface area contributed by atoms with Crippen molar-refractivity contribution in [2.75, 3.05) is 0 Å². The standard InChI is InChI=1S/C16H13F5N2O/c17-15(18,16(19,20)21)13(11-7-3-1-4-8-11)22-23-14(24)12-9-5-2-6-10-12/h1-10,13,22H,(H,23,24). The molecule has 3 nitrogen and oxygen atoms in total. The SMILES string of the molecule is O=C(NNC(c1ccccc1)C(F)(F)C(F)(F)F)c1ccccc1. The van der Waals surface area contributed by atoms with Gasteiger partial charge in [-0.15, -0.1) is 0 Å². The fraction of sp³-hybridized carbons (Fsp3) is 0.188. The molecule has 0 bridgehead atoms. The van der Waals surface area contributed by atoms with Gasteiger partial charge in [0.1, 0.15) is 6.04 Å². The van der Waals surface area contributed by atoms with Gasteiger partial charge in [-0.25, -0.2) is 5.43 Å². The molecule has 1 unspecified atom stereocenters. The lowest BCUT2D eigenvalue weighted by atomic mass is 10.0. The van der Waals surface area contributed by atoms with Crippen LogP contribution in [0.4, 0.5) is 22.0 Å². The number of halogens is 5. The fourth-order valence-corrected chi connectivity index (χ4v) is 1.99.